The van der Waals surface area contributed by atoms with Gasteiger partial charge in [0.15, 0.2) is 0 Å². The molecule has 2 N–H and O–H groups in total. The van der Waals surface area contributed by atoms with Gasteiger partial charge in [0.2, 0.25) is 0 Å². The molecule has 3 nitrogen and oxygen atoms in total. The van der Waals surface area contributed by atoms with Crippen LogP contribution >= 0.6 is 0 Å². The quantitative estimate of drug-likeness (QED) is 0.796. The van der Waals surface area contributed by atoms with Gasteiger partial charge in [-0.3, -0.25) is 4.90 Å². The number of nitrogens with two attached hydrogens (primary N) is 1. The van der Waals surface area contributed by atoms with E-state index in [-0.39, 0.29) is 5.41 Å². The summed E-state index contributed by atoms with van der Waals surface area (Å²) in [7, 11) is 2.23. The number of likely N-dealkylation sites (tertiary alicyclic amines) is 1. The normalized spacial score (nSPS) is 24.5. The van der Waals surface area contributed by atoms with Crippen molar-refractivity contribution in [1.82, 2.24) is 9.80 Å². The molecule has 102 valence electrons. The van der Waals surface area contributed by atoms with Crippen LogP contribution in [-0.4, -0.2) is 55.1 Å². The molecule has 0 bridgehead atoms. The van der Waals surface area contributed by atoms with Crippen LogP contribution in [0.2, 0.25) is 0 Å². The van der Waals surface area contributed by atoms with Gasteiger partial charge in [0.05, 0.1) is 0 Å². The minimum absolute atomic E-state index is 0.263. The highest BCUT2D eigenvalue weighted by Gasteiger charge is 2.31. The van der Waals surface area contributed by atoms with Crippen molar-refractivity contribution in [1.29, 1.82) is 0 Å². The summed E-state index contributed by atoms with van der Waals surface area (Å²) >= 11 is 0. The molecule has 0 aromatic carbocycles. The maximum Gasteiger partial charge on any atom is 0.0264 e. The van der Waals surface area contributed by atoms with E-state index in [9.17, 15) is 0 Å². The predicted octanol–water partition coefficient (Wildman–Crippen LogP) is 1.78. The van der Waals surface area contributed by atoms with E-state index in [1.807, 2.05) is 0 Å². The Bertz CT molecular complexity index is 222. The predicted molar refractivity (Wildman–Crippen MR) is 75.2 cm³/mol. The Morgan fingerprint density at radius 2 is 2.06 bits per heavy atom. The van der Waals surface area contributed by atoms with Gasteiger partial charge in [-0.05, 0) is 38.4 Å². The van der Waals surface area contributed by atoms with E-state index in [1.165, 1.54) is 25.9 Å². The van der Waals surface area contributed by atoms with Crippen LogP contribution in [0.3, 0.4) is 0 Å². The van der Waals surface area contributed by atoms with Crippen molar-refractivity contribution >= 4 is 0 Å². The van der Waals surface area contributed by atoms with Crippen LogP contribution in [-0.2, 0) is 0 Å². The summed E-state index contributed by atoms with van der Waals surface area (Å²) in [5.74, 6) is 0. The lowest BCUT2D eigenvalue weighted by molar-refractivity contribution is 0.100. The second-order valence-electron chi connectivity index (χ2n) is 6.48. The number of nitrogens with zero attached hydrogens (tertiary/aromatic N) is 2. The summed E-state index contributed by atoms with van der Waals surface area (Å²) in [4.78, 5) is 5.07. The summed E-state index contributed by atoms with van der Waals surface area (Å²) in [5, 5.41) is 0. The van der Waals surface area contributed by atoms with Gasteiger partial charge in [0, 0.05) is 25.2 Å². The first kappa shape index (κ1) is 14.9. The smallest absolute Gasteiger partial charge is 0.0264 e. The van der Waals surface area contributed by atoms with E-state index in [2.05, 4.69) is 44.5 Å². The molecular formula is C14H31N3. The fraction of sp³-hybridized carbons (Fsp3) is 1.00. The van der Waals surface area contributed by atoms with Gasteiger partial charge in [-0.1, -0.05) is 27.7 Å². The molecule has 0 saturated carbocycles. The lowest BCUT2D eigenvalue weighted by Gasteiger charge is -2.39. The monoisotopic (exact) mass is 241 g/mol. The Kier molecular flexibility index (Phi) is 5.42. The molecule has 1 saturated heterocycles. The summed E-state index contributed by atoms with van der Waals surface area (Å²) in [6.45, 7) is 13.5. The third-order valence-electron chi connectivity index (χ3n) is 4.16. The second kappa shape index (κ2) is 6.17. The van der Waals surface area contributed by atoms with E-state index in [0.717, 1.165) is 19.1 Å². The molecular weight excluding hydrogens is 210 g/mol. The molecule has 0 radical (unpaired) electrons. The lowest BCUT2D eigenvalue weighted by Crippen LogP contribution is -2.50. The Labute approximate surface area is 107 Å². The van der Waals surface area contributed by atoms with Crippen LogP contribution in [0.5, 0.6) is 0 Å². The molecule has 0 aliphatic carbocycles. The van der Waals surface area contributed by atoms with Crippen LogP contribution in [0.15, 0.2) is 0 Å². The van der Waals surface area contributed by atoms with Crippen LogP contribution in [0.1, 0.15) is 40.5 Å². The van der Waals surface area contributed by atoms with Crippen LogP contribution in [0.4, 0.5) is 0 Å². The number of likely N-dealkylation sites (N-methyl/N-ethyl adjacent to an activating group) is 2. The van der Waals surface area contributed by atoms with Gasteiger partial charge >= 0.3 is 0 Å². The molecule has 0 aromatic heterocycles. The van der Waals surface area contributed by atoms with Gasteiger partial charge in [-0.25, -0.2) is 0 Å². The third-order valence-corrected chi connectivity index (χ3v) is 4.16. The highest BCUT2D eigenvalue weighted by molar-refractivity contribution is 4.87. The SMILES string of the molecule is CCN1CCCC1CN(C)C(CN)C(C)(C)C. The molecule has 2 atom stereocenters. The van der Waals surface area contributed by atoms with Gasteiger partial charge in [-0.15, -0.1) is 0 Å². The fourth-order valence-corrected chi connectivity index (χ4v) is 3.17. The highest BCUT2D eigenvalue weighted by Crippen LogP contribution is 2.25. The zero-order valence-electron chi connectivity index (χ0n) is 12.4. The number of rotatable bonds is 5. The Balaban J connectivity index is 2.55. The van der Waals surface area contributed by atoms with E-state index in [1.54, 1.807) is 0 Å². The second-order valence-corrected chi connectivity index (χ2v) is 6.48. The van der Waals surface area contributed by atoms with Gasteiger partial charge in [-0.2, -0.15) is 0 Å². The molecule has 3 heteroatoms. The Morgan fingerprint density at radius 3 is 2.53 bits per heavy atom. The Morgan fingerprint density at radius 1 is 1.41 bits per heavy atom. The van der Waals surface area contributed by atoms with Gasteiger partial charge in [0.1, 0.15) is 0 Å². The molecule has 1 rings (SSSR count). The largest absolute Gasteiger partial charge is 0.329 e. The molecule has 0 amide bonds. The maximum absolute atomic E-state index is 5.95. The van der Waals surface area contributed by atoms with E-state index in [4.69, 9.17) is 5.73 Å². The number of hydrogen-bond acceptors (Lipinski definition) is 3. The average molecular weight is 241 g/mol. The topological polar surface area (TPSA) is 32.5 Å². The first-order valence-corrected chi connectivity index (χ1v) is 7.04. The zero-order chi connectivity index (χ0) is 13.1. The van der Waals surface area contributed by atoms with Crippen molar-refractivity contribution < 1.29 is 0 Å². The van der Waals surface area contributed by atoms with Gasteiger partial charge < -0.3 is 10.6 Å². The van der Waals surface area contributed by atoms with Crippen molar-refractivity contribution in [3.63, 3.8) is 0 Å². The first-order chi connectivity index (χ1) is 7.90. The van der Waals surface area contributed by atoms with Crippen molar-refractivity contribution in [2.45, 2.75) is 52.6 Å². The lowest BCUT2D eigenvalue weighted by atomic mass is 9.85. The van der Waals surface area contributed by atoms with E-state index >= 15 is 0 Å². The van der Waals surface area contributed by atoms with E-state index < -0.39 is 0 Å². The zero-order valence-corrected chi connectivity index (χ0v) is 12.4. The minimum Gasteiger partial charge on any atom is -0.329 e. The third kappa shape index (κ3) is 3.94. The average Bonchev–Trinajstić information content (AvgIpc) is 2.63. The fourth-order valence-electron chi connectivity index (χ4n) is 3.17. The maximum atomic E-state index is 5.95. The number of hydrogen-bond donors (Lipinski definition) is 1. The summed E-state index contributed by atoms with van der Waals surface area (Å²) in [5.41, 5.74) is 6.21. The van der Waals surface area contributed by atoms with Gasteiger partial charge in [0.25, 0.3) is 0 Å². The van der Waals surface area contributed by atoms with Crippen LogP contribution in [0.25, 0.3) is 0 Å². The van der Waals surface area contributed by atoms with Crippen LogP contribution < -0.4 is 5.73 Å². The molecule has 1 aliphatic heterocycles. The van der Waals surface area contributed by atoms with Crippen molar-refractivity contribution in [3.05, 3.63) is 0 Å². The molecule has 1 aliphatic rings. The first-order valence-electron chi connectivity index (χ1n) is 7.04. The summed E-state index contributed by atoms with van der Waals surface area (Å²) in [6, 6.07) is 1.21. The van der Waals surface area contributed by atoms with Crippen molar-refractivity contribution in [2.75, 3.05) is 33.2 Å². The molecule has 2 unspecified atom stereocenters. The summed E-state index contributed by atoms with van der Waals surface area (Å²) in [6.07, 6.45) is 2.70. The Hall–Kier alpha value is -0.120. The summed E-state index contributed by atoms with van der Waals surface area (Å²) < 4.78 is 0. The standard InChI is InChI=1S/C14H31N3/c1-6-17-9-7-8-12(17)11-16(5)13(10-15)14(2,3)4/h12-13H,6-11,15H2,1-5H3. The van der Waals surface area contributed by atoms with E-state index in [0.29, 0.717) is 6.04 Å². The molecule has 0 aromatic rings. The van der Waals surface area contributed by atoms with Crippen molar-refractivity contribution in [3.8, 4) is 0 Å². The molecule has 0 spiro atoms. The van der Waals surface area contributed by atoms with Crippen LogP contribution in [0, 0.1) is 5.41 Å². The van der Waals surface area contributed by atoms with Crippen molar-refractivity contribution in [2.24, 2.45) is 11.1 Å². The molecule has 1 fully saturated rings. The molecule has 17 heavy (non-hydrogen) atoms. The highest BCUT2D eigenvalue weighted by atomic mass is 15.2. The molecule has 1 heterocycles. The minimum atomic E-state index is 0.263.